The average molecular weight is 380 g/mol. The second-order valence-electron chi connectivity index (χ2n) is 5.96. The Labute approximate surface area is 150 Å². The Balaban J connectivity index is 4.13. The lowest BCUT2D eigenvalue weighted by Crippen LogP contribution is -2.44. The second kappa shape index (κ2) is 12.9. The van der Waals surface area contributed by atoms with Crippen molar-refractivity contribution < 1.29 is 22.5 Å². The minimum Gasteiger partial charge on any atom is -0.504 e. The van der Waals surface area contributed by atoms with E-state index in [4.69, 9.17) is 17.7 Å². The van der Waals surface area contributed by atoms with Crippen molar-refractivity contribution in [2.75, 3.05) is 27.4 Å². The molecule has 1 amide bonds. The number of hydrogen-bond acceptors (Lipinski definition) is 5. The van der Waals surface area contributed by atoms with Crippen LogP contribution in [0.15, 0.2) is 0 Å². The van der Waals surface area contributed by atoms with Gasteiger partial charge in [0.25, 0.3) is 8.32 Å². The van der Waals surface area contributed by atoms with Crippen molar-refractivity contribution in [1.29, 1.82) is 0 Å². The third-order valence-corrected chi connectivity index (χ3v) is 11.9. The first-order valence-electron chi connectivity index (χ1n) is 9.18. The number of unbranched alkanes of at least 4 members (excludes halogenated alkanes) is 1. The van der Waals surface area contributed by atoms with Crippen molar-refractivity contribution in [2.24, 2.45) is 0 Å². The number of rotatable bonds is 14. The van der Waals surface area contributed by atoms with Crippen LogP contribution >= 0.6 is 0 Å². The second-order valence-corrected chi connectivity index (χ2v) is 13.6. The lowest BCUT2D eigenvalue weighted by Gasteiger charge is -2.27. The molecule has 0 aliphatic rings. The molecule has 0 fully saturated rings. The summed E-state index contributed by atoms with van der Waals surface area (Å²) in [6, 6.07) is 3.67. The summed E-state index contributed by atoms with van der Waals surface area (Å²) in [5.74, 6) is 0. The highest BCUT2D eigenvalue weighted by atomic mass is 28.4. The Hall–Kier alpha value is -0.416. The summed E-state index contributed by atoms with van der Waals surface area (Å²) in [5, 5.41) is 2.87. The third kappa shape index (κ3) is 8.11. The zero-order chi connectivity index (χ0) is 18.5. The molecule has 0 atom stereocenters. The van der Waals surface area contributed by atoms with Crippen LogP contribution in [-0.4, -0.2) is 50.6 Å². The summed E-state index contributed by atoms with van der Waals surface area (Å²) in [4.78, 5) is 12.0. The van der Waals surface area contributed by atoms with Gasteiger partial charge in [-0.25, -0.2) is 4.79 Å². The van der Waals surface area contributed by atoms with Gasteiger partial charge in [-0.3, -0.25) is 0 Å². The van der Waals surface area contributed by atoms with Crippen LogP contribution in [0.2, 0.25) is 24.2 Å². The molecule has 0 bridgehead atoms. The van der Waals surface area contributed by atoms with E-state index in [-0.39, 0.29) is 6.09 Å². The largest absolute Gasteiger partial charge is 0.504 e. The van der Waals surface area contributed by atoms with Gasteiger partial charge in [0.1, 0.15) is 0 Å². The first-order chi connectivity index (χ1) is 11.5. The van der Waals surface area contributed by atoms with E-state index < -0.39 is 17.1 Å². The van der Waals surface area contributed by atoms with E-state index in [2.05, 4.69) is 33.0 Å². The fraction of sp³-hybridized carbons (Fsp3) is 0.938. The first kappa shape index (κ1) is 23.6. The van der Waals surface area contributed by atoms with Gasteiger partial charge in [0.2, 0.25) is 0 Å². The van der Waals surface area contributed by atoms with Crippen molar-refractivity contribution in [3.05, 3.63) is 0 Å². The van der Waals surface area contributed by atoms with Gasteiger partial charge >= 0.3 is 14.9 Å². The van der Waals surface area contributed by atoms with Gasteiger partial charge in [0.05, 0.1) is 0 Å². The molecule has 0 saturated heterocycles. The summed E-state index contributed by atoms with van der Waals surface area (Å²) in [6.07, 6.45) is 2.41. The van der Waals surface area contributed by atoms with Crippen LogP contribution in [0.3, 0.4) is 0 Å². The van der Waals surface area contributed by atoms with Gasteiger partial charge in [0, 0.05) is 33.4 Å². The summed E-state index contributed by atoms with van der Waals surface area (Å²) in [5.41, 5.74) is 0. The van der Waals surface area contributed by atoms with E-state index in [1.807, 2.05) is 0 Å². The number of carbonyl (C=O) groups is 1. The Morgan fingerprint density at radius 1 is 0.958 bits per heavy atom. The predicted octanol–water partition coefficient (Wildman–Crippen LogP) is 4.16. The quantitative estimate of drug-likeness (QED) is 0.363. The third-order valence-electron chi connectivity index (χ3n) is 4.57. The fourth-order valence-corrected chi connectivity index (χ4v) is 7.14. The number of nitrogens with one attached hydrogen (secondary N) is 1. The molecular formula is C16H37NO5Si2. The molecule has 6 nitrogen and oxygen atoms in total. The number of amides is 1. The van der Waals surface area contributed by atoms with E-state index in [1.54, 1.807) is 14.2 Å². The maximum atomic E-state index is 12.0. The lowest BCUT2D eigenvalue weighted by atomic mass is 10.3. The molecule has 24 heavy (non-hydrogen) atoms. The molecule has 0 aromatic carbocycles. The molecular weight excluding hydrogens is 342 g/mol. The monoisotopic (exact) mass is 379 g/mol. The van der Waals surface area contributed by atoms with Gasteiger partial charge in [-0.2, -0.15) is 0 Å². The minimum atomic E-state index is -2.53. The van der Waals surface area contributed by atoms with Crippen LogP contribution in [0.25, 0.3) is 0 Å². The highest BCUT2D eigenvalue weighted by molar-refractivity contribution is 6.74. The van der Waals surface area contributed by atoms with Gasteiger partial charge in [-0.1, -0.05) is 27.7 Å². The van der Waals surface area contributed by atoms with E-state index >= 15 is 0 Å². The van der Waals surface area contributed by atoms with Crippen molar-refractivity contribution >= 4 is 23.2 Å². The summed E-state index contributed by atoms with van der Waals surface area (Å²) in [6.45, 7) is 9.65. The summed E-state index contributed by atoms with van der Waals surface area (Å²) < 4.78 is 22.6. The van der Waals surface area contributed by atoms with Crippen LogP contribution < -0.4 is 5.32 Å². The maximum absolute atomic E-state index is 12.0. The Morgan fingerprint density at radius 2 is 1.54 bits per heavy atom. The van der Waals surface area contributed by atoms with Gasteiger partial charge in [-0.15, -0.1) is 0 Å². The van der Waals surface area contributed by atoms with Crippen molar-refractivity contribution in [2.45, 2.75) is 71.1 Å². The molecule has 0 aromatic heterocycles. The average Bonchev–Trinajstić information content (AvgIpc) is 2.62. The van der Waals surface area contributed by atoms with Crippen LogP contribution in [0.4, 0.5) is 4.79 Å². The Bertz CT molecular complexity index is 328. The molecule has 0 aromatic rings. The summed E-state index contributed by atoms with van der Waals surface area (Å²) in [7, 11) is -1.12. The summed E-state index contributed by atoms with van der Waals surface area (Å²) >= 11 is 0. The zero-order valence-electron chi connectivity index (χ0n) is 16.4. The SMILES string of the molecule is CCCO[Si](CCCCNC(=O)O[Si](CC)(CC)CC)(OC)OC. The van der Waals surface area contributed by atoms with E-state index in [1.165, 1.54) is 0 Å². The minimum absolute atomic E-state index is 0.267. The smallest absolute Gasteiger partial charge is 0.500 e. The van der Waals surface area contributed by atoms with Crippen LogP contribution in [0.1, 0.15) is 47.0 Å². The molecule has 0 radical (unpaired) electrons. The van der Waals surface area contributed by atoms with Crippen molar-refractivity contribution in [3.63, 3.8) is 0 Å². The van der Waals surface area contributed by atoms with Crippen LogP contribution in [0.5, 0.6) is 0 Å². The number of carbonyl (C=O) groups excluding carboxylic acids is 1. The van der Waals surface area contributed by atoms with Gasteiger partial charge in [0.15, 0.2) is 0 Å². The molecule has 144 valence electrons. The van der Waals surface area contributed by atoms with Gasteiger partial charge in [-0.05, 0) is 37.4 Å². The number of hydrogen-bond donors (Lipinski definition) is 1. The standard InChI is InChI=1S/C16H37NO5Si2/c1-7-14-21-24(19-5,20-6)15-12-11-13-17-16(18)22-23(8-2,9-3)10-4/h7-15H2,1-6H3,(H,17,18). The van der Waals surface area contributed by atoms with Crippen LogP contribution in [-0.2, 0) is 17.7 Å². The molecule has 0 spiro atoms. The molecule has 8 heteroatoms. The zero-order valence-corrected chi connectivity index (χ0v) is 18.4. The van der Waals surface area contributed by atoms with E-state index in [9.17, 15) is 4.79 Å². The molecule has 0 rings (SSSR count). The lowest BCUT2D eigenvalue weighted by molar-refractivity contribution is 0.0976. The molecule has 1 N–H and O–H groups in total. The maximum Gasteiger partial charge on any atom is 0.500 e. The van der Waals surface area contributed by atoms with E-state index in [0.717, 1.165) is 43.4 Å². The van der Waals surface area contributed by atoms with E-state index in [0.29, 0.717) is 13.2 Å². The molecule has 0 aliphatic heterocycles. The van der Waals surface area contributed by atoms with Crippen molar-refractivity contribution in [3.8, 4) is 0 Å². The normalized spacial score (nSPS) is 12.2. The van der Waals surface area contributed by atoms with Gasteiger partial charge < -0.3 is 23.0 Å². The molecule has 0 heterocycles. The van der Waals surface area contributed by atoms with Crippen LogP contribution in [0, 0.1) is 0 Å². The topological polar surface area (TPSA) is 66.0 Å². The predicted molar refractivity (Wildman–Crippen MR) is 102 cm³/mol. The fourth-order valence-electron chi connectivity index (χ4n) is 2.59. The Morgan fingerprint density at radius 3 is 2.00 bits per heavy atom. The Kier molecular flexibility index (Phi) is 12.7. The highest BCUT2D eigenvalue weighted by Crippen LogP contribution is 2.21. The highest BCUT2D eigenvalue weighted by Gasteiger charge is 2.38. The molecule has 0 unspecified atom stereocenters. The first-order valence-corrected chi connectivity index (χ1v) is 13.6. The molecule has 0 saturated carbocycles. The molecule has 0 aliphatic carbocycles. The van der Waals surface area contributed by atoms with Crippen molar-refractivity contribution in [1.82, 2.24) is 5.32 Å².